The first kappa shape index (κ1) is 19.5. The largest absolute Gasteiger partial charge is 0.495 e. The van der Waals surface area contributed by atoms with Gasteiger partial charge in [0.2, 0.25) is 5.91 Å². The molecule has 0 unspecified atom stereocenters. The third-order valence-corrected chi connectivity index (χ3v) is 4.28. The highest BCUT2D eigenvalue weighted by atomic mass is 35.5. The maximum Gasteiger partial charge on any atom is 0.249 e. The minimum Gasteiger partial charge on any atom is -0.495 e. The molecule has 1 amide bonds. The maximum absolute atomic E-state index is 12.4. The molecule has 0 saturated heterocycles. The molecule has 0 aliphatic rings. The van der Waals surface area contributed by atoms with Crippen molar-refractivity contribution in [1.82, 2.24) is 9.78 Å². The number of ether oxygens (including phenoxy) is 1. The summed E-state index contributed by atoms with van der Waals surface area (Å²) in [6.45, 7) is 1.78. The van der Waals surface area contributed by atoms with E-state index >= 15 is 0 Å². The van der Waals surface area contributed by atoms with Crippen molar-refractivity contribution in [1.29, 1.82) is 5.26 Å². The molecule has 1 heterocycles. The highest BCUT2D eigenvalue weighted by molar-refractivity contribution is 6.31. The zero-order valence-electron chi connectivity index (χ0n) is 14.7. The van der Waals surface area contributed by atoms with Gasteiger partial charge in [0.1, 0.15) is 5.75 Å². The number of aromatic nitrogens is 2. The number of halogens is 1. The lowest BCUT2D eigenvalue weighted by atomic mass is 9.99. The summed E-state index contributed by atoms with van der Waals surface area (Å²) in [5.74, 6) is -2.18. The van der Waals surface area contributed by atoms with Crippen LogP contribution in [0, 0.1) is 24.2 Å². The number of methoxy groups -OCH3 is 1. The fourth-order valence-electron chi connectivity index (χ4n) is 2.42. The molecule has 0 aliphatic heterocycles. The van der Waals surface area contributed by atoms with Crippen molar-refractivity contribution in [2.75, 3.05) is 12.4 Å². The van der Waals surface area contributed by atoms with E-state index in [4.69, 9.17) is 16.3 Å². The van der Waals surface area contributed by atoms with E-state index in [0.717, 1.165) is 11.1 Å². The number of Topliss-reactive ketones (excluding diaryl/α,β-unsaturated/α-hetero) is 1. The number of rotatable bonds is 7. The number of ketones is 1. The van der Waals surface area contributed by atoms with Crippen LogP contribution in [0.2, 0.25) is 5.02 Å². The summed E-state index contributed by atoms with van der Waals surface area (Å²) in [6, 6.07) is 4.98. The fraction of sp³-hybridized carbons (Fsp3) is 0.333. The molecule has 0 bridgehead atoms. The predicted octanol–water partition coefficient (Wildman–Crippen LogP) is 2.67. The summed E-state index contributed by atoms with van der Waals surface area (Å²) >= 11 is 6.04. The quantitative estimate of drug-likeness (QED) is 0.751. The van der Waals surface area contributed by atoms with Gasteiger partial charge in [-0.2, -0.15) is 10.4 Å². The number of benzene rings is 1. The predicted molar refractivity (Wildman–Crippen MR) is 97.0 cm³/mol. The first-order valence-corrected chi connectivity index (χ1v) is 8.28. The van der Waals surface area contributed by atoms with Crippen LogP contribution in [0.25, 0.3) is 0 Å². The van der Waals surface area contributed by atoms with Crippen LogP contribution in [0.5, 0.6) is 5.75 Å². The summed E-state index contributed by atoms with van der Waals surface area (Å²) in [5.41, 5.74) is 1.96. The van der Waals surface area contributed by atoms with Gasteiger partial charge in [0.15, 0.2) is 11.7 Å². The number of nitriles is 1. The van der Waals surface area contributed by atoms with Gasteiger partial charge in [-0.3, -0.25) is 14.3 Å². The summed E-state index contributed by atoms with van der Waals surface area (Å²) < 4.78 is 6.82. The molecule has 0 spiro atoms. The van der Waals surface area contributed by atoms with Crippen LogP contribution in [0.4, 0.5) is 5.69 Å². The van der Waals surface area contributed by atoms with Gasteiger partial charge >= 0.3 is 0 Å². The number of carbonyl (C=O) groups is 2. The molecule has 1 atom stereocenters. The Morgan fingerprint density at radius 1 is 1.46 bits per heavy atom. The van der Waals surface area contributed by atoms with E-state index in [1.807, 2.05) is 0 Å². The van der Waals surface area contributed by atoms with Gasteiger partial charge in [0.25, 0.3) is 0 Å². The third kappa shape index (κ3) is 4.61. The Morgan fingerprint density at radius 3 is 2.77 bits per heavy atom. The minimum atomic E-state index is -1.40. The third-order valence-electron chi connectivity index (χ3n) is 3.87. The standard InChI is InChI=1S/C18H19ClN4O3/c1-11-6-15(17(26-3)7-14(11)19)22-18(25)13(8-20)16(24)5-4-12-9-21-23(2)10-12/h6-7,9-10,13H,4-5H2,1-3H3,(H,22,25)/t13-/m0/s1. The van der Waals surface area contributed by atoms with Crippen LogP contribution in [-0.4, -0.2) is 28.6 Å². The summed E-state index contributed by atoms with van der Waals surface area (Å²) in [5, 5.41) is 16.4. The zero-order valence-corrected chi connectivity index (χ0v) is 15.5. The second-order valence-electron chi connectivity index (χ2n) is 5.84. The first-order chi connectivity index (χ1) is 12.3. The summed E-state index contributed by atoms with van der Waals surface area (Å²) in [6.07, 6.45) is 3.93. The molecular weight excluding hydrogens is 356 g/mol. The zero-order chi connectivity index (χ0) is 19.3. The lowest BCUT2D eigenvalue weighted by Gasteiger charge is -2.14. The molecular formula is C18H19ClN4O3. The van der Waals surface area contributed by atoms with Crippen LogP contribution in [0.3, 0.4) is 0 Å². The molecule has 7 nitrogen and oxygen atoms in total. The highest BCUT2D eigenvalue weighted by Crippen LogP contribution is 2.31. The normalized spacial score (nSPS) is 11.5. The van der Waals surface area contributed by atoms with Crippen molar-refractivity contribution >= 4 is 29.0 Å². The molecule has 2 aromatic rings. The van der Waals surface area contributed by atoms with E-state index in [1.54, 1.807) is 49.2 Å². The van der Waals surface area contributed by atoms with Gasteiger partial charge in [0.05, 0.1) is 25.1 Å². The van der Waals surface area contributed by atoms with Gasteiger partial charge < -0.3 is 10.1 Å². The molecule has 1 aromatic carbocycles. The van der Waals surface area contributed by atoms with Crippen molar-refractivity contribution in [3.8, 4) is 11.8 Å². The molecule has 0 fully saturated rings. The van der Waals surface area contributed by atoms with Crippen molar-refractivity contribution < 1.29 is 14.3 Å². The molecule has 0 radical (unpaired) electrons. The number of nitrogens with zero attached hydrogens (tertiary/aromatic N) is 3. The van der Waals surface area contributed by atoms with Crippen molar-refractivity contribution in [2.24, 2.45) is 13.0 Å². The Bertz CT molecular complexity index is 870. The van der Waals surface area contributed by atoms with E-state index in [-0.39, 0.29) is 6.42 Å². The highest BCUT2D eigenvalue weighted by Gasteiger charge is 2.27. The Morgan fingerprint density at radius 2 is 2.19 bits per heavy atom. The molecule has 0 saturated carbocycles. The van der Waals surface area contributed by atoms with Gasteiger partial charge in [-0.05, 0) is 30.5 Å². The van der Waals surface area contributed by atoms with Crippen molar-refractivity contribution in [3.05, 3.63) is 40.7 Å². The minimum absolute atomic E-state index is 0.0775. The Labute approximate surface area is 156 Å². The Kier molecular flexibility index (Phi) is 6.36. The van der Waals surface area contributed by atoms with E-state index < -0.39 is 17.6 Å². The van der Waals surface area contributed by atoms with Gasteiger partial charge in [0, 0.05) is 30.8 Å². The number of aryl methyl sites for hydroxylation is 3. The van der Waals surface area contributed by atoms with Gasteiger partial charge in [-0.1, -0.05) is 11.6 Å². The monoisotopic (exact) mass is 374 g/mol. The van der Waals surface area contributed by atoms with E-state index in [0.29, 0.717) is 22.9 Å². The topological polar surface area (TPSA) is 97.0 Å². The van der Waals surface area contributed by atoms with Gasteiger partial charge in [-0.25, -0.2) is 0 Å². The van der Waals surface area contributed by atoms with Crippen LogP contribution >= 0.6 is 11.6 Å². The summed E-state index contributed by atoms with van der Waals surface area (Å²) in [4.78, 5) is 24.7. The van der Waals surface area contributed by atoms with Gasteiger partial charge in [-0.15, -0.1) is 0 Å². The van der Waals surface area contributed by atoms with Crippen molar-refractivity contribution in [2.45, 2.75) is 19.8 Å². The number of carbonyl (C=O) groups excluding carboxylic acids is 2. The van der Waals surface area contributed by atoms with E-state index in [2.05, 4.69) is 10.4 Å². The van der Waals surface area contributed by atoms with E-state index in [9.17, 15) is 14.9 Å². The number of anilines is 1. The fourth-order valence-corrected chi connectivity index (χ4v) is 2.58. The molecule has 1 N–H and O–H groups in total. The van der Waals surface area contributed by atoms with Crippen LogP contribution in [-0.2, 0) is 23.1 Å². The Balaban J connectivity index is 2.07. The molecule has 0 aliphatic carbocycles. The summed E-state index contributed by atoms with van der Waals surface area (Å²) in [7, 11) is 3.22. The lowest BCUT2D eigenvalue weighted by molar-refractivity contribution is -0.128. The number of hydrogen-bond donors (Lipinski definition) is 1. The SMILES string of the molecule is COc1cc(Cl)c(C)cc1NC(=O)[C@@H](C#N)C(=O)CCc1cnn(C)c1. The smallest absolute Gasteiger partial charge is 0.249 e. The molecule has 136 valence electrons. The number of amides is 1. The maximum atomic E-state index is 12.4. The lowest BCUT2D eigenvalue weighted by Crippen LogP contribution is -2.29. The average Bonchev–Trinajstić information content (AvgIpc) is 3.02. The number of hydrogen-bond acceptors (Lipinski definition) is 5. The number of nitrogens with one attached hydrogen (secondary N) is 1. The van der Waals surface area contributed by atoms with Crippen molar-refractivity contribution in [3.63, 3.8) is 0 Å². The molecule has 2 rings (SSSR count). The second kappa shape index (κ2) is 8.50. The molecule has 8 heteroatoms. The van der Waals surface area contributed by atoms with Crippen LogP contribution in [0.1, 0.15) is 17.5 Å². The van der Waals surface area contributed by atoms with Crippen LogP contribution in [0.15, 0.2) is 24.5 Å². The first-order valence-electron chi connectivity index (χ1n) is 7.90. The van der Waals surface area contributed by atoms with E-state index in [1.165, 1.54) is 7.11 Å². The molecule has 26 heavy (non-hydrogen) atoms. The second-order valence-corrected chi connectivity index (χ2v) is 6.25. The molecule has 1 aromatic heterocycles. The Hall–Kier alpha value is -2.85. The van der Waals surface area contributed by atoms with Crippen LogP contribution < -0.4 is 10.1 Å². The average molecular weight is 375 g/mol.